The van der Waals surface area contributed by atoms with Gasteiger partial charge >= 0.3 is 0 Å². The Balaban J connectivity index is 2.40. The molecule has 2 N–H and O–H groups in total. The zero-order valence-electron chi connectivity index (χ0n) is 10.4. The quantitative estimate of drug-likeness (QED) is 0.695. The van der Waals surface area contributed by atoms with E-state index in [1.807, 2.05) is 0 Å². The van der Waals surface area contributed by atoms with Crippen molar-refractivity contribution in [3.8, 4) is 0 Å². The Labute approximate surface area is 94.0 Å². The first-order valence-electron chi connectivity index (χ1n) is 6.12. The monoisotopic (exact) mass is 214 g/mol. The zero-order chi connectivity index (χ0) is 11.3. The third-order valence-corrected chi connectivity index (χ3v) is 3.33. The highest BCUT2D eigenvalue weighted by Crippen LogP contribution is 2.31. The summed E-state index contributed by atoms with van der Waals surface area (Å²) in [6, 6.07) is 0.715. The maximum atomic E-state index is 5.76. The summed E-state index contributed by atoms with van der Waals surface area (Å²) in [7, 11) is 1.77. The third-order valence-electron chi connectivity index (χ3n) is 3.33. The summed E-state index contributed by atoms with van der Waals surface area (Å²) in [4.78, 5) is 2.56. The largest absolute Gasteiger partial charge is 0.383 e. The molecule has 0 amide bonds. The van der Waals surface area contributed by atoms with Crippen molar-refractivity contribution in [1.82, 2.24) is 4.90 Å². The molecule has 0 saturated heterocycles. The van der Waals surface area contributed by atoms with Crippen LogP contribution in [0.2, 0.25) is 0 Å². The lowest BCUT2D eigenvalue weighted by molar-refractivity contribution is 0.0355. The van der Waals surface area contributed by atoms with E-state index in [9.17, 15) is 0 Å². The van der Waals surface area contributed by atoms with Crippen molar-refractivity contribution < 1.29 is 4.74 Å². The number of rotatable bonds is 7. The lowest BCUT2D eigenvalue weighted by atomic mass is 9.78. The minimum absolute atomic E-state index is 0.715. The first kappa shape index (κ1) is 12.9. The minimum atomic E-state index is 0.715. The Morgan fingerprint density at radius 2 is 2.13 bits per heavy atom. The molecule has 3 nitrogen and oxygen atoms in total. The van der Waals surface area contributed by atoms with Gasteiger partial charge in [-0.1, -0.05) is 13.8 Å². The second-order valence-electron chi connectivity index (χ2n) is 5.02. The predicted octanol–water partition coefficient (Wildman–Crippen LogP) is 1.33. The van der Waals surface area contributed by atoms with Gasteiger partial charge < -0.3 is 10.5 Å². The Hall–Kier alpha value is -0.120. The number of methoxy groups -OCH3 is 1. The highest BCUT2D eigenvalue weighted by molar-refractivity contribution is 4.89. The minimum Gasteiger partial charge on any atom is -0.383 e. The van der Waals surface area contributed by atoms with Crippen molar-refractivity contribution >= 4 is 0 Å². The summed E-state index contributed by atoms with van der Waals surface area (Å²) in [5.41, 5.74) is 5.76. The number of hydrogen-bond acceptors (Lipinski definition) is 3. The van der Waals surface area contributed by atoms with Gasteiger partial charge in [-0.3, -0.25) is 4.90 Å². The fourth-order valence-electron chi connectivity index (χ4n) is 2.38. The van der Waals surface area contributed by atoms with Gasteiger partial charge in [0.25, 0.3) is 0 Å². The van der Waals surface area contributed by atoms with Crippen LogP contribution in [-0.2, 0) is 4.74 Å². The fraction of sp³-hybridized carbons (Fsp3) is 1.00. The molecule has 0 aromatic rings. The molecule has 1 aliphatic rings. The Bertz CT molecular complexity index is 171. The van der Waals surface area contributed by atoms with Gasteiger partial charge in [-0.2, -0.15) is 0 Å². The molecule has 0 aromatic carbocycles. The highest BCUT2D eigenvalue weighted by Gasteiger charge is 2.34. The van der Waals surface area contributed by atoms with Crippen molar-refractivity contribution in [1.29, 1.82) is 0 Å². The lowest BCUT2D eigenvalue weighted by Gasteiger charge is -2.44. The topological polar surface area (TPSA) is 38.5 Å². The van der Waals surface area contributed by atoms with Gasteiger partial charge in [0.2, 0.25) is 0 Å². The van der Waals surface area contributed by atoms with E-state index in [0.29, 0.717) is 6.04 Å². The second-order valence-corrected chi connectivity index (χ2v) is 5.02. The van der Waals surface area contributed by atoms with Crippen molar-refractivity contribution in [2.75, 3.05) is 33.4 Å². The Morgan fingerprint density at radius 3 is 2.53 bits per heavy atom. The van der Waals surface area contributed by atoms with E-state index >= 15 is 0 Å². The van der Waals surface area contributed by atoms with Crippen LogP contribution in [0.15, 0.2) is 0 Å². The molecule has 0 aromatic heterocycles. The molecule has 3 heteroatoms. The SMILES string of the molecule is COCCN(CC(C)C)C1CCC1CN. The van der Waals surface area contributed by atoms with E-state index in [1.54, 1.807) is 7.11 Å². The molecule has 0 spiro atoms. The standard InChI is InChI=1S/C12H26N2O/c1-10(2)9-14(6-7-15-3)12-5-4-11(12)8-13/h10-12H,4-9,13H2,1-3H3. The average Bonchev–Trinajstić information content (AvgIpc) is 2.12. The van der Waals surface area contributed by atoms with Crippen molar-refractivity contribution in [3.05, 3.63) is 0 Å². The summed E-state index contributed by atoms with van der Waals surface area (Å²) in [5.74, 6) is 1.45. The summed E-state index contributed by atoms with van der Waals surface area (Å²) in [6.45, 7) is 8.44. The molecular formula is C12H26N2O. The van der Waals surface area contributed by atoms with Gasteiger partial charge in [0.15, 0.2) is 0 Å². The molecule has 1 saturated carbocycles. The molecule has 0 radical (unpaired) electrons. The molecule has 0 aliphatic heterocycles. The molecule has 15 heavy (non-hydrogen) atoms. The summed E-state index contributed by atoms with van der Waals surface area (Å²) in [6.07, 6.45) is 2.63. The summed E-state index contributed by atoms with van der Waals surface area (Å²) in [5, 5.41) is 0. The highest BCUT2D eigenvalue weighted by atomic mass is 16.5. The molecule has 1 fully saturated rings. The molecule has 0 bridgehead atoms. The second kappa shape index (κ2) is 6.46. The van der Waals surface area contributed by atoms with Crippen LogP contribution in [0.4, 0.5) is 0 Å². The molecule has 0 heterocycles. The van der Waals surface area contributed by atoms with Gasteiger partial charge in [0.1, 0.15) is 0 Å². The summed E-state index contributed by atoms with van der Waals surface area (Å²) < 4.78 is 5.17. The van der Waals surface area contributed by atoms with E-state index in [2.05, 4.69) is 18.7 Å². The molecule has 1 aliphatic carbocycles. The first-order chi connectivity index (χ1) is 7.19. The van der Waals surface area contributed by atoms with Gasteiger partial charge in [0.05, 0.1) is 6.61 Å². The van der Waals surface area contributed by atoms with E-state index in [1.165, 1.54) is 19.4 Å². The molecular weight excluding hydrogens is 188 g/mol. The number of hydrogen-bond donors (Lipinski definition) is 1. The van der Waals surface area contributed by atoms with Crippen LogP contribution in [0.3, 0.4) is 0 Å². The Kier molecular flexibility index (Phi) is 5.58. The van der Waals surface area contributed by atoms with Crippen molar-refractivity contribution in [2.24, 2.45) is 17.6 Å². The number of nitrogens with two attached hydrogens (primary N) is 1. The maximum absolute atomic E-state index is 5.76. The van der Waals surface area contributed by atoms with Crippen LogP contribution in [0.5, 0.6) is 0 Å². The zero-order valence-corrected chi connectivity index (χ0v) is 10.4. The van der Waals surface area contributed by atoms with E-state index < -0.39 is 0 Å². The van der Waals surface area contributed by atoms with Gasteiger partial charge in [0, 0.05) is 26.2 Å². The van der Waals surface area contributed by atoms with E-state index in [0.717, 1.165) is 31.5 Å². The lowest BCUT2D eigenvalue weighted by Crippen LogP contribution is -2.51. The molecule has 90 valence electrons. The van der Waals surface area contributed by atoms with E-state index in [-0.39, 0.29) is 0 Å². The van der Waals surface area contributed by atoms with E-state index in [4.69, 9.17) is 10.5 Å². The normalized spacial score (nSPS) is 26.0. The van der Waals surface area contributed by atoms with Gasteiger partial charge in [-0.05, 0) is 31.2 Å². The predicted molar refractivity (Wildman–Crippen MR) is 63.9 cm³/mol. The maximum Gasteiger partial charge on any atom is 0.0589 e. The molecule has 2 unspecified atom stereocenters. The van der Waals surface area contributed by atoms with Gasteiger partial charge in [-0.15, -0.1) is 0 Å². The van der Waals surface area contributed by atoms with Crippen molar-refractivity contribution in [2.45, 2.75) is 32.7 Å². The third kappa shape index (κ3) is 3.74. The van der Waals surface area contributed by atoms with Crippen LogP contribution >= 0.6 is 0 Å². The van der Waals surface area contributed by atoms with Crippen LogP contribution < -0.4 is 5.73 Å². The smallest absolute Gasteiger partial charge is 0.0589 e. The van der Waals surface area contributed by atoms with Crippen LogP contribution in [-0.4, -0.2) is 44.3 Å². The molecule has 1 rings (SSSR count). The average molecular weight is 214 g/mol. The number of nitrogens with zero attached hydrogens (tertiary/aromatic N) is 1. The van der Waals surface area contributed by atoms with Crippen LogP contribution in [0.1, 0.15) is 26.7 Å². The van der Waals surface area contributed by atoms with Crippen molar-refractivity contribution in [3.63, 3.8) is 0 Å². The fourth-order valence-corrected chi connectivity index (χ4v) is 2.38. The van der Waals surface area contributed by atoms with Crippen LogP contribution in [0, 0.1) is 11.8 Å². The number of ether oxygens (including phenoxy) is 1. The first-order valence-corrected chi connectivity index (χ1v) is 6.12. The van der Waals surface area contributed by atoms with Crippen LogP contribution in [0.25, 0.3) is 0 Å². The Morgan fingerprint density at radius 1 is 1.40 bits per heavy atom. The van der Waals surface area contributed by atoms with Gasteiger partial charge in [-0.25, -0.2) is 0 Å². The summed E-state index contributed by atoms with van der Waals surface area (Å²) >= 11 is 0. The molecule has 2 atom stereocenters.